The molecule has 1 rings (SSSR count). The summed E-state index contributed by atoms with van der Waals surface area (Å²) in [4.78, 5) is 11.2. The van der Waals surface area contributed by atoms with Crippen LogP contribution in [-0.2, 0) is 14.3 Å². The molecule has 0 bridgehead atoms. The van der Waals surface area contributed by atoms with Gasteiger partial charge in [-0.3, -0.25) is 4.79 Å². The Morgan fingerprint density at radius 3 is 2.40 bits per heavy atom. The van der Waals surface area contributed by atoms with Gasteiger partial charge in [0.25, 0.3) is 0 Å². The van der Waals surface area contributed by atoms with Crippen LogP contribution in [0, 0.1) is 5.92 Å². The van der Waals surface area contributed by atoms with Crippen molar-refractivity contribution in [2.24, 2.45) is 5.92 Å². The zero-order chi connectivity index (χ0) is 15.0. The van der Waals surface area contributed by atoms with E-state index in [0.29, 0.717) is 19.8 Å². The first kappa shape index (κ1) is 16.5. The van der Waals surface area contributed by atoms with Gasteiger partial charge in [-0.25, -0.2) is 0 Å². The Labute approximate surface area is 121 Å². The fourth-order valence-corrected chi connectivity index (χ4v) is 1.88. The van der Waals surface area contributed by atoms with Crippen LogP contribution in [0.3, 0.4) is 0 Å². The number of benzene rings is 1. The summed E-state index contributed by atoms with van der Waals surface area (Å²) in [7, 11) is 0. The van der Waals surface area contributed by atoms with E-state index in [9.17, 15) is 4.79 Å². The van der Waals surface area contributed by atoms with Gasteiger partial charge in [0, 0.05) is 13.5 Å². The quantitative estimate of drug-likeness (QED) is 0.687. The van der Waals surface area contributed by atoms with Gasteiger partial charge in [0.2, 0.25) is 0 Å². The van der Waals surface area contributed by atoms with E-state index in [0.717, 1.165) is 5.75 Å². The average molecular weight is 280 g/mol. The van der Waals surface area contributed by atoms with Crippen LogP contribution < -0.4 is 4.74 Å². The molecule has 0 N–H and O–H groups in total. The molecule has 0 aliphatic rings. The molecule has 0 amide bonds. The molecule has 1 aromatic carbocycles. The zero-order valence-electron chi connectivity index (χ0n) is 12.7. The topological polar surface area (TPSA) is 44.8 Å². The highest BCUT2D eigenvalue weighted by Gasteiger charge is 2.33. The molecule has 0 fully saturated rings. The van der Waals surface area contributed by atoms with Gasteiger partial charge in [-0.2, -0.15) is 0 Å². The Bertz CT molecular complexity index is 400. The SMILES string of the molecule is CCOCC(COc1ccccc1)C(C)(C)OC(C)=O. The van der Waals surface area contributed by atoms with E-state index in [4.69, 9.17) is 14.2 Å². The van der Waals surface area contributed by atoms with Crippen molar-refractivity contribution in [3.8, 4) is 5.75 Å². The lowest BCUT2D eigenvalue weighted by Crippen LogP contribution is -2.42. The lowest BCUT2D eigenvalue weighted by Gasteiger charge is -2.33. The van der Waals surface area contributed by atoms with Crippen molar-refractivity contribution < 1.29 is 19.0 Å². The van der Waals surface area contributed by atoms with E-state index in [2.05, 4.69) is 0 Å². The van der Waals surface area contributed by atoms with Crippen molar-refractivity contribution in [1.29, 1.82) is 0 Å². The number of hydrogen-bond acceptors (Lipinski definition) is 4. The standard InChI is InChI=1S/C16H24O4/c1-5-18-11-14(16(3,4)20-13(2)17)12-19-15-9-7-6-8-10-15/h6-10,14H,5,11-12H2,1-4H3. The van der Waals surface area contributed by atoms with Crippen molar-refractivity contribution in [2.75, 3.05) is 19.8 Å². The van der Waals surface area contributed by atoms with Gasteiger partial charge in [-0.15, -0.1) is 0 Å². The third-order valence-corrected chi connectivity index (χ3v) is 3.11. The highest BCUT2D eigenvalue weighted by Crippen LogP contribution is 2.24. The minimum absolute atomic E-state index is 0.0356. The van der Waals surface area contributed by atoms with Crippen LogP contribution in [0.5, 0.6) is 5.75 Å². The van der Waals surface area contributed by atoms with Gasteiger partial charge in [0.05, 0.1) is 19.1 Å². The molecule has 0 saturated heterocycles. The van der Waals surface area contributed by atoms with Crippen LogP contribution in [-0.4, -0.2) is 31.4 Å². The summed E-state index contributed by atoms with van der Waals surface area (Å²) in [6.07, 6.45) is 0. The van der Waals surface area contributed by atoms with Crippen LogP contribution >= 0.6 is 0 Å². The number of hydrogen-bond donors (Lipinski definition) is 0. The van der Waals surface area contributed by atoms with Crippen LogP contribution in [0.4, 0.5) is 0 Å². The van der Waals surface area contributed by atoms with Gasteiger partial charge in [-0.05, 0) is 32.9 Å². The van der Waals surface area contributed by atoms with Crippen molar-refractivity contribution in [2.45, 2.75) is 33.3 Å². The molecule has 0 aromatic heterocycles. The molecule has 1 atom stereocenters. The van der Waals surface area contributed by atoms with Crippen LogP contribution in [0.25, 0.3) is 0 Å². The first-order valence-corrected chi connectivity index (χ1v) is 6.91. The second kappa shape index (κ2) is 7.90. The average Bonchev–Trinajstić information content (AvgIpc) is 2.38. The number of carbonyl (C=O) groups is 1. The van der Waals surface area contributed by atoms with E-state index in [-0.39, 0.29) is 11.9 Å². The predicted molar refractivity (Wildman–Crippen MR) is 77.8 cm³/mol. The third kappa shape index (κ3) is 5.61. The second-order valence-corrected chi connectivity index (χ2v) is 5.18. The number of carbonyl (C=O) groups excluding carboxylic acids is 1. The van der Waals surface area contributed by atoms with Crippen molar-refractivity contribution >= 4 is 5.97 Å². The van der Waals surface area contributed by atoms with Gasteiger partial charge >= 0.3 is 5.97 Å². The van der Waals surface area contributed by atoms with Crippen molar-refractivity contribution in [1.82, 2.24) is 0 Å². The number of rotatable bonds is 8. The molecule has 0 heterocycles. The first-order chi connectivity index (χ1) is 9.45. The highest BCUT2D eigenvalue weighted by atomic mass is 16.6. The summed E-state index contributed by atoms with van der Waals surface area (Å²) >= 11 is 0. The summed E-state index contributed by atoms with van der Waals surface area (Å²) in [6, 6.07) is 9.58. The van der Waals surface area contributed by atoms with Crippen LogP contribution in [0.15, 0.2) is 30.3 Å². The fourth-order valence-electron chi connectivity index (χ4n) is 1.88. The van der Waals surface area contributed by atoms with E-state index in [1.807, 2.05) is 51.1 Å². The normalized spacial score (nSPS) is 12.8. The molecule has 4 heteroatoms. The number of para-hydroxylation sites is 1. The Kier molecular flexibility index (Phi) is 6.52. The molecular formula is C16H24O4. The molecule has 0 aliphatic heterocycles. The lowest BCUT2D eigenvalue weighted by atomic mass is 9.92. The minimum atomic E-state index is -0.629. The van der Waals surface area contributed by atoms with Crippen molar-refractivity contribution in [3.05, 3.63) is 30.3 Å². The molecule has 1 unspecified atom stereocenters. The molecule has 1 aromatic rings. The maximum atomic E-state index is 11.2. The maximum Gasteiger partial charge on any atom is 0.303 e. The van der Waals surface area contributed by atoms with E-state index < -0.39 is 5.60 Å². The van der Waals surface area contributed by atoms with Gasteiger partial charge in [0.15, 0.2) is 0 Å². The highest BCUT2D eigenvalue weighted by molar-refractivity contribution is 5.66. The Balaban J connectivity index is 2.65. The maximum absolute atomic E-state index is 11.2. The smallest absolute Gasteiger partial charge is 0.303 e. The van der Waals surface area contributed by atoms with Gasteiger partial charge in [-0.1, -0.05) is 18.2 Å². The summed E-state index contributed by atoms with van der Waals surface area (Å²) in [5, 5.41) is 0. The van der Waals surface area contributed by atoms with Gasteiger partial charge in [0.1, 0.15) is 11.4 Å². The van der Waals surface area contributed by atoms with E-state index in [1.165, 1.54) is 6.92 Å². The fraction of sp³-hybridized carbons (Fsp3) is 0.562. The predicted octanol–water partition coefficient (Wildman–Crippen LogP) is 3.06. The monoisotopic (exact) mass is 280 g/mol. The summed E-state index contributed by atoms with van der Waals surface area (Å²) in [6.45, 7) is 8.66. The molecule has 4 nitrogen and oxygen atoms in total. The molecule has 0 spiro atoms. The molecule has 0 radical (unpaired) electrons. The molecule has 0 aliphatic carbocycles. The number of ether oxygens (including phenoxy) is 3. The number of esters is 1. The van der Waals surface area contributed by atoms with Gasteiger partial charge < -0.3 is 14.2 Å². The zero-order valence-corrected chi connectivity index (χ0v) is 12.7. The molecule has 20 heavy (non-hydrogen) atoms. The summed E-state index contributed by atoms with van der Waals surface area (Å²) < 4.78 is 16.6. The lowest BCUT2D eigenvalue weighted by molar-refractivity contribution is -0.162. The Morgan fingerprint density at radius 2 is 1.85 bits per heavy atom. The van der Waals surface area contributed by atoms with Crippen LogP contribution in [0.2, 0.25) is 0 Å². The second-order valence-electron chi connectivity index (χ2n) is 5.18. The summed E-state index contributed by atoms with van der Waals surface area (Å²) in [5.41, 5.74) is -0.629. The minimum Gasteiger partial charge on any atom is -0.493 e. The third-order valence-electron chi connectivity index (χ3n) is 3.11. The first-order valence-electron chi connectivity index (χ1n) is 6.91. The van der Waals surface area contributed by atoms with Crippen LogP contribution in [0.1, 0.15) is 27.7 Å². The molecule has 0 saturated carbocycles. The molecular weight excluding hydrogens is 256 g/mol. The molecule has 112 valence electrons. The van der Waals surface area contributed by atoms with E-state index >= 15 is 0 Å². The Morgan fingerprint density at radius 1 is 1.20 bits per heavy atom. The Hall–Kier alpha value is -1.55. The van der Waals surface area contributed by atoms with E-state index in [1.54, 1.807) is 0 Å². The van der Waals surface area contributed by atoms with Crippen molar-refractivity contribution in [3.63, 3.8) is 0 Å². The summed E-state index contributed by atoms with van der Waals surface area (Å²) in [5.74, 6) is 0.468. The largest absolute Gasteiger partial charge is 0.493 e.